The third-order valence-electron chi connectivity index (χ3n) is 3.74. The van der Waals surface area contributed by atoms with E-state index in [4.69, 9.17) is 4.74 Å². The van der Waals surface area contributed by atoms with Crippen molar-refractivity contribution in [2.45, 2.75) is 20.0 Å². The number of pyridine rings is 1. The van der Waals surface area contributed by atoms with Crippen molar-refractivity contribution in [3.63, 3.8) is 0 Å². The predicted octanol–water partition coefficient (Wildman–Crippen LogP) is 3.04. The van der Waals surface area contributed by atoms with Crippen LogP contribution < -0.4 is 0 Å². The van der Waals surface area contributed by atoms with Crippen molar-refractivity contribution in [2.24, 2.45) is 5.41 Å². The molecule has 1 aromatic heterocycles. The van der Waals surface area contributed by atoms with Gasteiger partial charge in [-0.1, -0.05) is 30.4 Å². The molecule has 0 amide bonds. The molecule has 1 aromatic carbocycles. The number of rotatable bonds is 6. The lowest BCUT2D eigenvalue weighted by molar-refractivity contribution is -0.147. The van der Waals surface area contributed by atoms with Gasteiger partial charge in [-0.2, -0.15) is 0 Å². The monoisotopic (exact) mass is 315 g/mol. The van der Waals surface area contributed by atoms with Gasteiger partial charge in [0.2, 0.25) is 0 Å². The molecule has 0 aliphatic heterocycles. The minimum Gasteiger partial charge on any atom is -0.481 e. The van der Waals surface area contributed by atoms with Crippen LogP contribution in [-0.2, 0) is 9.53 Å². The van der Waals surface area contributed by atoms with Crippen molar-refractivity contribution >= 4 is 22.9 Å². The highest BCUT2D eigenvalue weighted by atomic mass is 16.5. The molecule has 0 unspecified atom stereocenters. The summed E-state index contributed by atoms with van der Waals surface area (Å²) in [5, 5.41) is 19.9. The van der Waals surface area contributed by atoms with Gasteiger partial charge >= 0.3 is 5.97 Å². The number of carboxylic acid groups (broad SMARTS) is 1. The highest BCUT2D eigenvalue weighted by Gasteiger charge is 2.29. The Labute approximate surface area is 135 Å². The molecule has 0 aliphatic carbocycles. The predicted molar refractivity (Wildman–Crippen MR) is 89.0 cm³/mol. The first kappa shape index (κ1) is 17.1. The summed E-state index contributed by atoms with van der Waals surface area (Å²) in [6.07, 6.45) is 2.75. The van der Waals surface area contributed by atoms with Crippen LogP contribution in [0.5, 0.6) is 0 Å². The Morgan fingerprint density at radius 2 is 2.09 bits per heavy atom. The number of aliphatic carboxylic acids is 1. The Hall–Kier alpha value is -2.24. The van der Waals surface area contributed by atoms with Gasteiger partial charge in [0.25, 0.3) is 0 Å². The van der Waals surface area contributed by atoms with Crippen LogP contribution in [0, 0.1) is 5.41 Å². The molecule has 0 spiro atoms. The first-order chi connectivity index (χ1) is 10.9. The lowest BCUT2D eigenvalue weighted by Crippen LogP contribution is -2.30. The van der Waals surface area contributed by atoms with Crippen LogP contribution in [0.3, 0.4) is 0 Å². The van der Waals surface area contributed by atoms with Crippen molar-refractivity contribution in [3.8, 4) is 0 Å². The Balaban J connectivity index is 2.36. The normalized spacial score (nSPS) is 15.7. The van der Waals surface area contributed by atoms with E-state index in [-0.39, 0.29) is 6.61 Å². The number of methoxy groups -OCH3 is 1. The van der Waals surface area contributed by atoms with Crippen LogP contribution in [-0.4, -0.2) is 34.9 Å². The summed E-state index contributed by atoms with van der Waals surface area (Å²) in [6.45, 7) is 3.37. The van der Waals surface area contributed by atoms with Crippen molar-refractivity contribution in [1.29, 1.82) is 0 Å². The number of aliphatic hydroxyl groups excluding tert-OH is 1. The van der Waals surface area contributed by atoms with E-state index in [0.29, 0.717) is 5.69 Å². The number of aliphatic hydroxyl groups is 1. The van der Waals surface area contributed by atoms with Gasteiger partial charge in [-0.15, -0.1) is 0 Å². The van der Waals surface area contributed by atoms with Crippen molar-refractivity contribution in [3.05, 3.63) is 47.7 Å². The molecule has 1 heterocycles. The molecular weight excluding hydrogens is 294 g/mol. The van der Waals surface area contributed by atoms with Gasteiger partial charge in [0.15, 0.2) is 0 Å². The molecule has 2 aromatic rings. The quantitative estimate of drug-likeness (QED) is 0.856. The minimum absolute atomic E-state index is 0.0941. The van der Waals surface area contributed by atoms with Gasteiger partial charge in [0.05, 0.1) is 23.9 Å². The molecule has 0 aliphatic rings. The van der Waals surface area contributed by atoms with Crippen LogP contribution in [0.25, 0.3) is 17.0 Å². The van der Waals surface area contributed by atoms with Gasteiger partial charge in [-0.05, 0) is 31.5 Å². The third-order valence-corrected chi connectivity index (χ3v) is 3.74. The number of ether oxygens (including phenoxy) is 1. The fraction of sp³-hybridized carbons (Fsp3) is 0.333. The molecule has 2 atom stereocenters. The number of nitrogens with zero attached hydrogens (tertiary/aromatic N) is 1. The lowest BCUT2D eigenvalue weighted by Gasteiger charge is -2.19. The van der Waals surface area contributed by atoms with Crippen LogP contribution in [0.4, 0.5) is 0 Å². The van der Waals surface area contributed by atoms with E-state index >= 15 is 0 Å². The molecule has 0 fully saturated rings. The molecule has 0 radical (unpaired) electrons. The van der Waals surface area contributed by atoms with Crippen LogP contribution in [0.15, 0.2) is 36.4 Å². The molecule has 23 heavy (non-hydrogen) atoms. The SMILES string of the molecule is COC[C@@](C)(/C=C/c1ccc2ccc([C@@H](C)O)nc2c1)C(=O)O. The standard InChI is InChI=1S/C18H21NO4/c1-12(20)15-7-6-14-5-4-13(10-16(14)19-15)8-9-18(2,11-23-3)17(21)22/h4-10,12,20H,11H2,1-3H3,(H,21,22)/b9-8+/t12-,18-/m1/s1. The van der Waals surface area contributed by atoms with E-state index in [1.807, 2.05) is 24.3 Å². The summed E-state index contributed by atoms with van der Waals surface area (Å²) in [6, 6.07) is 9.39. The second-order valence-corrected chi connectivity index (χ2v) is 5.85. The topological polar surface area (TPSA) is 79.7 Å². The zero-order valence-electron chi connectivity index (χ0n) is 13.5. The van der Waals surface area contributed by atoms with Gasteiger partial charge in [-0.25, -0.2) is 0 Å². The summed E-state index contributed by atoms with van der Waals surface area (Å²) in [7, 11) is 1.48. The van der Waals surface area contributed by atoms with Crippen molar-refractivity contribution in [1.82, 2.24) is 4.98 Å². The first-order valence-corrected chi connectivity index (χ1v) is 7.36. The highest BCUT2D eigenvalue weighted by molar-refractivity contribution is 5.82. The van der Waals surface area contributed by atoms with E-state index in [0.717, 1.165) is 16.5 Å². The Morgan fingerprint density at radius 1 is 1.39 bits per heavy atom. The molecule has 122 valence electrons. The summed E-state index contributed by atoms with van der Waals surface area (Å²) in [5.41, 5.74) is 1.12. The van der Waals surface area contributed by atoms with Crippen LogP contribution in [0.1, 0.15) is 31.2 Å². The average molecular weight is 315 g/mol. The zero-order valence-corrected chi connectivity index (χ0v) is 13.5. The number of hydrogen-bond donors (Lipinski definition) is 2. The highest BCUT2D eigenvalue weighted by Crippen LogP contribution is 2.23. The summed E-state index contributed by atoms with van der Waals surface area (Å²) < 4.78 is 5.00. The largest absolute Gasteiger partial charge is 0.481 e. The molecular formula is C18H21NO4. The maximum absolute atomic E-state index is 11.4. The van der Waals surface area contributed by atoms with E-state index in [1.165, 1.54) is 7.11 Å². The number of carboxylic acids is 1. The molecule has 0 saturated heterocycles. The first-order valence-electron chi connectivity index (χ1n) is 7.36. The Bertz CT molecular complexity index is 739. The second kappa shape index (κ2) is 6.89. The van der Waals surface area contributed by atoms with E-state index in [2.05, 4.69) is 4.98 Å². The summed E-state index contributed by atoms with van der Waals surface area (Å²) >= 11 is 0. The van der Waals surface area contributed by atoms with Crippen molar-refractivity contribution < 1.29 is 19.7 Å². The van der Waals surface area contributed by atoms with Crippen LogP contribution in [0.2, 0.25) is 0 Å². The number of benzene rings is 1. The molecule has 2 N–H and O–H groups in total. The molecule has 0 bridgehead atoms. The lowest BCUT2D eigenvalue weighted by atomic mass is 9.90. The third kappa shape index (κ3) is 3.94. The molecule has 5 nitrogen and oxygen atoms in total. The second-order valence-electron chi connectivity index (χ2n) is 5.85. The Kier molecular flexibility index (Phi) is 5.13. The zero-order chi connectivity index (χ0) is 17.0. The molecule has 5 heteroatoms. The molecule has 0 saturated carbocycles. The smallest absolute Gasteiger partial charge is 0.315 e. The van der Waals surface area contributed by atoms with Gasteiger partial charge in [0.1, 0.15) is 5.41 Å². The number of fused-ring (bicyclic) bond motifs is 1. The van der Waals surface area contributed by atoms with E-state index in [9.17, 15) is 15.0 Å². The van der Waals surface area contributed by atoms with E-state index in [1.54, 1.807) is 32.1 Å². The fourth-order valence-corrected chi connectivity index (χ4v) is 2.25. The Morgan fingerprint density at radius 3 is 2.70 bits per heavy atom. The maximum atomic E-state index is 11.4. The number of hydrogen-bond acceptors (Lipinski definition) is 4. The van der Waals surface area contributed by atoms with Crippen LogP contribution >= 0.6 is 0 Å². The average Bonchev–Trinajstić information content (AvgIpc) is 2.52. The van der Waals surface area contributed by atoms with Gasteiger partial charge in [-0.3, -0.25) is 9.78 Å². The minimum atomic E-state index is -1.08. The number of carbonyl (C=O) groups is 1. The van der Waals surface area contributed by atoms with Gasteiger partial charge in [0, 0.05) is 12.5 Å². The summed E-state index contributed by atoms with van der Waals surface area (Å²) in [5.74, 6) is -0.939. The van der Waals surface area contributed by atoms with Gasteiger partial charge < -0.3 is 14.9 Å². The molecule has 2 rings (SSSR count). The van der Waals surface area contributed by atoms with Crippen molar-refractivity contribution in [2.75, 3.05) is 13.7 Å². The summed E-state index contributed by atoms with van der Waals surface area (Å²) in [4.78, 5) is 15.8. The number of aromatic nitrogens is 1. The fourth-order valence-electron chi connectivity index (χ4n) is 2.25. The van der Waals surface area contributed by atoms with E-state index < -0.39 is 17.5 Å². The maximum Gasteiger partial charge on any atom is 0.315 e.